The SMILES string of the molecule is COc1nccc(N(C)c2ccc(C)c(-c3ccc4nn(C)cc4c3)c2)n1. The Labute approximate surface area is 158 Å². The molecule has 0 aliphatic rings. The van der Waals surface area contributed by atoms with Crippen molar-refractivity contribution in [1.82, 2.24) is 19.7 Å². The van der Waals surface area contributed by atoms with Gasteiger partial charge >= 0.3 is 6.01 Å². The van der Waals surface area contributed by atoms with Gasteiger partial charge in [-0.25, -0.2) is 4.98 Å². The quantitative estimate of drug-likeness (QED) is 0.549. The zero-order chi connectivity index (χ0) is 19.0. The Morgan fingerprint density at radius 2 is 1.93 bits per heavy atom. The average Bonchev–Trinajstić information content (AvgIpc) is 3.07. The predicted molar refractivity (Wildman–Crippen MR) is 108 cm³/mol. The lowest BCUT2D eigenvalue weighted by atomic mass is 9.98. The highest BCUT2D eigenvalue weighted by atomic mass is 16.5. The average molecular weight is 359 g/mol. The van der Waals surface area contributed by atoms with Gasteiger partial charge in [0.15, 0.2) is 0 Å². The summed E-state index contributed by atoms with van der Waals surface area (Å²) < 4.78 is 6.98. The maximum absolute atomic E-state index is 5.14. The van der Waals surface area contributed by atoms with E-state index in [0.717, 1.165) is 22.4 Å². The predicted octanol–water partition coefficient (Wildman–Crippen LogP) is 4.12. The first-order valence-corrected chi connectivity index (χ1v) is 8.70. The van der Waals surface area contributed by atoms with Gasteiger partial charge in [-0.15, -0.1) is 0 Å². The molecule has 0 fully saturated rings. The molecule has 2 aromatic carbocycles. The summed E-state index contributed by atoms with van der Waals surface area (Å²) in [7, 11) is 5.49. The lowest BCUT2D eigenvalue weighted by Crippen LogP contribution is -2.12. The molecule has 0 amide bonds. The first-order chi connectivity index (χ1) is 13.0. The van der Waals surface area contributed by atoms with Crippen LogP contribution in [0, 0.1) is 6.92 Å². The van der Waals surface area contributed by atoms with Gasteiger partial charge in [-0.05, 0) is 53.9 Å². The molecule has 4 rings (SSSR count). The smallest absolute Gasteiger partial charge is 0.318 e. The summed E-state index contributed by atoms with van der Waals surface area (Å²) in [6, 6.07) is 15.0. The van der Waals surface area contributed by atoms with Gasteiger partial charge in [-0.3, -0.25) is 4.68 Å². The van der Waals surface area contributed by atoms with E-state index < -0.39 is 0 Å². The second-order valence-electron chi connectivity index (χ2n) is 6.54. The Morgan fingerprint density at radius 3 is 2.74 bits per heavy atom. The molecule has 4 aromatic rings. The molecule has 0 aliphatic carbocycles. The number of hydrogen-bond donors (Lipinski definition) is 0. The van der Waals surface area contributed by atoms with Crippen LogP contribution in [0.4, 0.5) is 11.5 Å². The number of methoxy groups -OCH3 is 1. The molecule has 136 valence electrons. The second kappa shape index (κ2) is 6.72. The van der Waals surface area contributed by atoms with E-state index in [-0.39, 0.29) is 0 Å². The lowest BCUT2D eigenvalue weighted by molar-refractivity contribution is 0.380. The molecule has 0 unspecified atom stereocenters. The van der Waals surface area contributed by atoms with Crippen molar-refractivity contribution in [3.63, 3.8) is 0 Å². The highest BCUT2D eigenvalue weighted by molar-refractivity contribution is 5.85. The van der Waals surface area contributed by atoms with Crippen LogP contribution in [0.5, 0.6) is 6.01 Å². The molecule has 2 aromatic heterocycles. The van der Waals surface area contributed by atoms with Crippen LogP contribution in [-0.4, -0.2) is 33.9 Å². The normalized spacial score (nSPS) is 11.0. The van der Waals surface area contributed by atoms with Gasteiger partial charge in [-0.2, -0.15) is 10.1 Å². The van der Waals surface area contributed by atoms with E-state index in [1.165, 1.54) is 16.7 Å². The number of aryl methyl sites for hydroxylation is 2. The molecule has 0 N–H and O–H groups in total. The molecule has 0 radical (unpaired) electrons. The van der Waals surface area contributed by atoms with Gasteiger partial charge in [0.05, 0.1) is 12.6 Å². The molecule has 0 aliphatic heterocycles. The highest BCUT2D eigenvalue weighted by Gasteiger charge is 2.11. The van der Waals surface area contributed by atoms with E-state index in [1.807, 2.05) is 35.9 Å². The van der Waals surface area contributed by atoms with Crippen LogP contribution in [0.1, 0.15) is 5.56 Å². The van der Waals surface area contributed by atoms with Crippen LogP contribution >= 0.6 is 0 Å². The summed E-state index contributed by atoms with van der Waals surface area (Å²) in [4.78, 5) is 10.5. The monoisotopic (exact) mass is 359 g/mol. The molecule has 0 spiro atoms. The number of aromatic nitrogens is 4. The maximum atomic E-state index is 5.14. The number of fused-ring (bicyclic) bond motifs is 1. The summed E-state index contributed by atoms with van der Waals surface area (Å²) in [5, 5.41) is 5.59. The fourth-order valence-electron chi connectivity index (χ4n) is 3.20. The fourth-order valence-corrected chi connectivity index (χ4v) is 3.20. The number of nitrogens with zero attached hydrogens (tertiary/aromatic N) is 5. The Hall–Kier alpha value is -3.41. The van der Waals surface area contributed by atoms with Gasteiger partial charge < -0.3 is 9.64 Å². The van der Waals surface area contributed by atoms with Gasteiger partial charge in [0, 0.05) is 37.6 Å². The first kappa shape index (κ1) is 17.0. The van der Waals surface area contributed by atoms with Gasteiger partial charge in [0.1, 0.15) is 5.82 Å². The number of hydrogen-bond acceptors (Lipinski definition) is 5. The zero-order valence-corrected chi connectivity index (χ0v) is 15.8. The molecule has 6 heteroatoms. The minimum Gasteiger partial charge on any atom is -0.467 e. The summed E-state index contributed by atoms with van der Waals surface area (Å²) in [5.41, 5.74) is 5.62. The van der Waals surface area contributed by atoms with Crippen molar-refractivity contribution in [2.24, 2.45) is 7.05 Å². The molecule has 0 atom stereocenters. The van der Waals surface area contributed by atoms with Crippen molar-refractivity contribution >= 4 is 22.4 Å². The number of ether oxygens (including phenoxy) is 1. The Kier molecular flexibility index (Phi) is 4.24. The highest BCUT2D eigenvalue weighted by Crippen LogP contribution is 2.32. The van der Waals surface area contributed by atoms with Crippen molar-refractivity contribution in [3.8, 4) is 17.1 Å². The van der Waals surface area contributed by atoms with E-state index in [1.54, 1.807) is 13.3 Å². The fraction of sp³-hybridized carbons (Fsp3) is 0.190. The Balaban J connectivity index is 1.75. The number of benzene rings is 2. The molecule has 6 nitrogen and oxygen atoms in total. The third-order valence-corrected chi connectivity index (χ3v) is 4.68. The van der Waals surface area contributed by atoms with E-state index in [0.29, 0.717) is 6.01 Å². The van der Waals surface area contributed by atoms with Crippen LogP contribution in [-0.2, 0) is 7.05 Å². The maximum Gasteiger partial charge on any atom is 0.318 e. The van der Waals surface area contributed by atoms with Crippen molar-refractivity contribution in [3.05, 3.63) is 60.4 Å². The largest absolute Gasteiger partial charge is 0.467 e. The van der Waals surface area contributed by atoms with Gasteiger partial charge in [-0.1, -0.05) is 12.1 Å². The molecule has 2 heterocycles. The van der Waals surface area contributed by atoms with Crippen molar-refractivity contribution < 1.29 is 4.74 Å². The third-order valence-electron chi connectivity index (χ3n) is 4.68. The summed E-state index contributed by atoms with van der Waals surface area (Å²) >= 11 is 0. The topological polar surface area (TPSA) is 56.1 Å². The Morgan fingerprint density at radius 1 is 1.07 bits per heavy atom. The first-order valence-electron chi connectivity index (χ1n) is 8.70. The third kappa shape index (κ3) is 3.21. The Bertz CT molecular complexity index is 1120. The van der Waals surface area contributed by atoms with E-state index in [2.05, 4.69) is 58.4 Å². The lowest BCUT2D eigenvalue weighted by Gasteiger charge is -2.20. The van der Waals surface area contributed by atoms with Crippen LogP contribution in [0.25, 0.3) is 22.0 Å². The zero-order valence-electron chi connectivity index (χ0n) is 15.8. The van der Waals surface area contributed by atoms with Crippen molar-refractivity contribution in [1.29, 1.82) is 0 Å². The van der Waals surface area contributed by atoms with E-state index >= 15 is 0 Å². The summed E-state index contributed by atoms with van der Waals surface area (Å²) in [5.74, 6) is 0.777. The van der Waals surface area contributed by atoms with Gasteiger partial charge in [0.2, 0.25) is 0 Å². The van der Waals surface area contributed by atoms with E-state index in [4.69, 9.17) is 4.74 Å². The summed E-state index contributed by atoms with van der Waals surface area (Å²) in [6.07, 6.45) is 3.74. The van der Waals surface area contributed by atoms with Crippen LogP contribution in [0.3, 0.4) is 0 Å². The summed E-state index contributed by atoms with van der Waals surface area (Å²) in [6.45, 7) is 2.13. The van der Waals surface area contributed by atoms with E-state index in [9.17, 15) is 0 Å². The molecule has 0 saturated heterocycles. The second-order valence-corrected chi connectivity index (χ2v) is 6.54. The van der Waals surface area contributed by atoms with Crippen LogP contribution < -0.4 is 9.64 Å². The van der Waals surface area contributed by atoms with Crippen molar-refractivity contribution in [2.45, 2.75) is 6.92 Å². The standard InChI is InChI=1S/C21H21N5O/c1-14-5-7-17(26(3)20-9-10-22-21(23-20)27-4)12-18(14)15-6-8-19-16(11-15)13-25(2)24-19/h5-13H,1-4H3. The number of rotatable bonds is 4. The molecule has 0 saturated carbocycles. The molecular weight excluding hydrogens is 338 g/mol. The molecule has 0 bridgehead atoms. The van der Waals surface area contributed by atoms with Crippen molar-refractivity contribution in [2.75, 3.05) is 19.1 Å². The minimum absolute atomic E-state index is 0.355. The molecule has 27 heavy (non-hydrogen) atoms. The van der Waals surface area contributed by atoms with Gasteiger partial charge in [0.25, 0.3) is 0 Å². The number of anilines is 2. The minimum atomic E-state index is 0.355. The molecular formula is C21H21N5O. The van der Waals surface area contributed by atoms with Crippen LogP contribution in [0.15, 0.2) is 54.9 Å². The van der Waals surface area contributed by atoms with Crippen LogP contribution in [0.2, 0.25) is 0 Å².